The van der Waals surface area contributed by atoms with Gasteiger partial charge in [-0.2, -0.15) is 0 Å². The van der Waals surface area contributed by atoms with Crippen LogP contribution in [0.4, 0.5) is 5.69 Å². The summed E-state index contributed by atoms with van der Waals surface area (Å²) in [6.07, 6.45) is 13.6. The molecule has 0 spiro atoms. The number of carbonyl (C=O) groups is 1. The van der Waals surface area contributed by atoms with E-state index in [0.717, 1.165) is 31.5 Å². The molecule has 1 aromatic rings. The molecule has 4 aliphatic rings. The molecular formula is C29H45N3O. The molecule has 0 amide bonds. The number of hydrogen-bond donors (Lipinski definition) is 0. The molecule has 1 saturated carbocycles. The number of hydrogen-bond acceptors (Lipinski definition) is 4. The fourth-order valence-electron chi connectivity index (χ4n) is 7.12. The van der Waals surface area contributed by atoms with Crippen molar-refractivity contribution < 1.29 is 4.79 Å². The Balaban J connectivity index is 1.04. The third kappa shape index (κ3) is 6.00. The molecule has 3 heterocycles. The number of nitrogens with zero attached hydrogens (tertiary/aromatic N) is 3. The van der Waals surface area contributed by atoms with E-state index in [-0.39, 0.29) is 0 Å². The molecule has 3 aliphatic heterocycles. The highest BCUT2D eigenvalue weighted by atomic mass is 16.1. The van der Waals surface area contributed by atoms with Crippen LogP contribution < -0.4 is 4.90 Å². The molecule has 4 fully saturated rings. The van der Waals surface area contributed by atoms with E-state index in [0.29, 0.717) is 24.2 Å². The number of Topliss-reactive ketones (excluding diaryl/α,β-unsaturated/α-hetero) is 1. The predicted octanol–water partition coefficient (Wildman–Crippen LogP) is 5.15. The molecule has 2 atom stereocenters. The fourth-order valence-corrected chi connectivity index (χ4v) is 7.12. The van der Waals surface area contributed by atoms with Crippen LogP contribution in [-0.4, -0.2) is 66.9 Å². The first-order chi connectivity index (χ1) is 16.1. The Morgan fingerprint density at radius 2 is 1.61 bits per heavy atom. The van der Waals surface area contributed by atoms with Crippen molar-refractivity contribution in [1.29, 1.82) is 0 Å². The molecule has 182 valence electrons. The first kappa shape index (κ1) is 23.4. The van der Waals surface area contributed by atoms with Gasteiger partial charge in [0.2, 0.25) is 0 Å². The molecule has 5 rings (SSSR count). The lowest BCUT2D eigenvalue weighted by atomic mass is 9.89. The second-order valence-electron chi connectivity index (χ2n) is 11.6. The van der Waals surface area contributed by atoms with Gasteiger partial charge in [-0.15, -0.1) is 0 Å². The van der Waals surface area contributed by atoms with E-state index in [1.54, 1.807) is 0 Å². The number of carbonyl (C=O) groups excluding carboxylic acids is 1. The van der Waals surface area contributed by atoms with E-state index in [1.165, 1.54) is 95.2 Å². The number of piperidine rings is 1. The zero-order valence-electron chi connectivity index (χ0n) is 20.9. The Labute approximate surface area is 201 Å². The first-order valence-corrected chi connectivity index (χ1v) is 14.0. The van der Waals surface area contributed by atoms with Gasteiger partial charge in [-0.1, -0.05) is 25.0 Å². The van der Waals surface area contributed by atoms with Crippen molar-refractivity contribution in [2.45, 2.75) is 89.6 Å². The standard InChI is InChI=1S/C29H45N3O/c1-23-5-4-15-32(23)28-14-18-31(22-28)27-10-8-24(9-11-27)19-29(33)20-25-12-16-30(17-13-25)21-26-6-2-3-7-26/h8-11,23,25-26,28H,2-7,12-22H2,1H3/t23-,28-/m0/s1. The van der Waals surface area contributed by atoms with Gasteiger partial charge < -0.3 is 9.80 Å². The van der Waals surface area contributed by atoms with Gasteiger partial charge in [0.05, 0.1) is 0 Å². The quantitative estimate of drug-likeness (QED) is 0.546. The van der Waals surface area contributed by atoms with E-state index in [1.807, 2.05) is 0 Å². The van der Waals surface area contributed by atoms with Crippen molar-refractivity contribution in [2.24, 2.45) is 11.8 Å². The maximum Gasteiger partial charge on any atom is 0.137 e. The summed E-state index contributed by atoms with van der Waals surface area (Å²) in [6.45, 7) is 9.70. The Hall–Kier alpha value is -1.39. The number of anilines is 1. The molecule has 0 N–H and O–H groups in total. The van der Waals surface area contributed by atoms with Crippen molar-refractivity contribution >= 4 is 11.5 Å². The maximum atomic E-state index is 12.8. The summed E-state index contributed by atoms with van der Waals surface area (Å²) in [5, 5.41) is 0. The summed E-state index contributed by atoms with van der Waals surface area (Å²) in [5.41, 5.74) is 2.52. The van der Waals surface area contributed by atoms with Crippen molar-refractivity contribution in [3.8, 4) is 0 Å². The minimum Gasteiger partial charge on any atom is -0.370 e. The van der Waals surface area contributed by atoms with Crippen LogP contribution in [0.15, 0.2) is 24.3 Å². The Kier molecular flexibility index (Phi) is 7.72. The predicted molar refractivity (Wildman–Crippen MR) is 137 cm³/mol. The summed E-state index contributed by atoms with van der Waals surface area (Å²) in [7, 11) is 0. The van der Waals surface area contributed by atoms with E-state index in [2.05, 4.69) is 45.9 Å². The largest absolute Gasteiger partial charge is 0.370 e. The van der Waals surface area contributed by atoms with E-state index in [9.17, 15) is 4.79 Å². The summed E-state index contributed by atoms with van der Waals surface area (Å²) in [5.74, 6) is 1.98. The van der Waals surface area contributed by atoms with E-state index < -0.39 is 0 Å². The van der Waals surface area contributed by atoms with Gasteiger partial charge in [-0.3, -0.25) is 9.69 Å². The third-order valence-electron chi connectivity index (χ3n) is 9.15. The molecule has 33 heavy (non-hydrogen) atoms. The minimum atomic E-state index is 0.432. The number of rotatable bonds is 8. The van der Waals surface area contributed by atoms with Crippen molar-refractivity contribution in [3.05, 3.63) is 29.8 Å². The molecule has 3 saturated heterocycles. The molecule has 0 bridgehead atoms. The first-order valence-electron chi connectivity index (χ1n) is 14.0. The Bertz CT molecular complexity index is 764. The average molecular weight is 452 g/mol. The number of benzene rings is 1. The Morgan fingerprint density at radius 1 is 0.848 bits per heavy atom. The van der Waals surface area contributed by atoms with E-state index in [4.69, 9.17) is 0 Å². The zero-order chi connectivity index (χ0) is 22.6. The van der Waals surface area contributed by atoms with Gasteiger partial charge in [-0.25, -0.2) is 0 Å². The van der Waals surface area contributed by atoms with Crippen molar-refractivity contribution in [3.63, 3.8) is 0 Å². The topological polar surface area (TPSA) is 26.8 Å². The summed E-state index contributed by atoms with van der Waals surface area (Å²) in [4.78, 5) is 20.7. The molecule has 0 radical (unpaired) electrons. The van der Waals surface area contributed by atoms with Crippen LogP contribution in [-0.2, 0) is 11.2 Å². The van der Waals surface area contributed by atoms with Crippen LogP contribution in [0.2, 0.25) is 0 Å². The van der Waals surface area contributed by atoms with Crippen molar-refractivity contribution in [2.75, 3.05) is 44.2 Å². The fraction of sp³-hybridized carbons (Fsp3) is 0.759. The summed E-state index contributed by atoms with van der Waals surface area (Å²) in [6, 6.07) is 10.4. The van der Waals surface area contributed by atoms with Crippen LogP contribution in [0.3, 0.4) is 0 Å². The second kappa shape index (κ2) is 10.9. The number of likely N-dealkylation sites (tertiary alicyclic amines) is 2. The lowest BCUT2D eigenvalue weighted by Crippen LogP contribution is -2.39. The van der Waals surface area contributed by atoms with Gasteiger partial charge in [-0.05, 0) is 101 Å². The van der Waals surface area contributed by atoms with Crippen LogP contribution in [0.5, 0.6) is 0 Å². The minimum absolute atomic E-state index is 0.432. The highest BCUT2D eigenvalue weighted by Gasteiger charge is 2.33. The molecule has 0 aromatic heterocycles. The molecule has 1 aliphatic carbocycles. The van der Waals surface area contributed by atoms with Crippen LogP contribution in [0.25, 0.3) is 0 Å². The zero-order valence-corrected chi connectivity index (χ0v) is 20.9. The van der Waals surface area contributed by atoms with Crippen molar-refractivity contribution in [1.82, 2.24) is 9.80 Å². The summed E-state index contributed by atoms with van der Waals surface area (Å²) < 4.78 is 0. The smallest absolute Gasteiger partial charge is 0.137 e. The highest BCUT2D eigenvalue weighted by Crippen LogP contribution is 2.30. The lowest BCUT2D eigenvalue weighted by Gasteiger charge is -2.33. The number of ketones is 1. The molecular weight excluding hydrogens is 406 g/mol. The normalized spacial score (nSPS) is 28.2. The van der Waals surface area contributed by atoms with Gasteiger partial charge in [0, 0.05) is 50.2 Å². The maximum absolute atomic E-state index is 12.8. The van der Waals surface area contributed by atoms with Gasteiger partial charge in [0.1, 0.15) is 5.78 Å². The van der Waals surface area contributed by atoms with Crippen LogP contribution in [0, 0.1) is 11.8 Å². The Morgan fingerprint density at radius 3 is 2.30 bits per heavy atom. The molecule has 4 heteroatoms. The third-order valence-corrected chi connectivity index (χ3v) is 9.15. The van der Waals surface area contributed by atoms with Crippen LogP contribution >= 0.6 is 0 Å². The van der Waals surface area contributed by atoms with Crippen LogP contribution in [0.1, 0.15) is 76.7 Å². The van der Waals surface area contributed by atoms with Gasteiger partial charge in [0.15, 0.2) is 0 Å². The molecule has 4 nitrogen and oxygen atoms in total. The second-order valence-corrected chi connectivity index (χ2v) is 11.6. The monoisotopic (exact) mass is 451 g/mol. The SMILES string of the molecule is C[C@H]1CCCN1[C@H]1CCN(c2ccc(CC(=O)CC3CCN(CC4CCCC4)CC3)cc2)C1. The summed E-state index contributed by atoms with van der Waals surface area (Å²) >= 11 is 0. The average Bonchev–Trinajstić information content (AvgIpc) is 3.58. The van der Waals surface area contributed by atoms with Gasteiger partial charge in [0.25, 0.3) is 0 Å². The van der Waals surface area contributed by atoms with Gasteiger partial charge >= 0.3 is 0 Å². The molecule has 1 aromatic carbocycles. The highest BCUT2D eigenvalue weighted by molar-refractivity contribution is 5.81. The lowest BCUT2D eigenvalue weighted by molar-refractivity contribution is -0.119. The van der Waals surface area contributed by atoms with E-state index >= 15 is 0 Å². The molecule has 0 unspecified atom stereocenters.